The van der Waals surface area contributed by atoms with Crippen molar-refractivity contribution < 1.29 is 9.59 Å². The number of amides is 2. The minimum Gasteiger partial charge on any atom is -0.378 e. The summed E-state index contributed by atoms with van der Waals surface area (Å²) in [7, 11) is 3.90. The van der Waals surface area contributed by atoms with Gasteiger partial charge in [-0.15, -0.1) is 0 Å². The van der Waals surface area contributed by atoms with E-state index in [0.717, 1.165) is 18.5 Å². The van der Waals surface area contributed by atoms with Crippen LogP contribution in [0.15, 0.2) is 43.0 Å². The van der Waals surface area contributed by atoms with Crippen molar-refractivity contribution >= 4 is 23.2 Å². The Morgan fingerprint density at radius 3 is 2.68 bits per heavy atom. The average Bonchev–Trinajstić information content (AvgIpc) is 3.27. The molecule has 1 atom stereocenters. The predicted molar refractivity (Wildman–Crippen MR) is 96.4 cm³/mol. The molecule has 1 aromatic carbocycles. The Balaban J connectivity index is 1.62. The molecule has 3 rings (SSSR count). The van der Waals surface area contributed by atoms with Crippen LogP contribution in [0.2, 0.25) is 0 Å². The first-order valence-electron chi connectivity index (χ1n) is 8.39. The van der Waals surface area contributed by atoms with Gasteiger partial charge in [0.1, 0.15) is 0 Å². The summed E-state index contributed by atoms with van der Waals surface area (Å²) in [5, 5.41) is 2.70. The summed E-state index contributed by atoms with van der Waals surface area (Å²) in [5.74, 6) is -1.06. The van der Waals surface area contributed by atoms with Crippen LogP contribution in [0.25, 0.3) is 0 Å². The third-order valence-electron chi connectivity index (χ3n) is 4.45. The number of benzene rings is 1. The van der Waals surface area contributed by atoms with E-state index in [4.69, 9.17) is 0 Å². The Bertz CT molecular complexity index is 724. The molecule has 2 amide bonds. The van der Waals surface area contributed by atoms with Gasteiger partial charge < -0.3 is 19.7 Å². The van der Waals surface area contributed by atoms with Crippen LogP contribution in [0.4, 0.5) is 11.4 Å². The minimum absolute atomic E-state index is 0.0311. The number of carbonyl (C=O) groups excluding carboxylic acids is 2. The maximum atomic E-state index is 12.5. The molecule has 1 aliphatic rings. The highest BCUT2D eigenvalue weighted by molar-refractivity contribution is 6.39. The van der Waals surface area contributed by atoms with Gasteiger partial charge >= 0.3 is 11.8 Å². The number of anilines is 2. The van der Waals surface area contributed by atoms with Crippen molar-refractivity contribution in [2.24, 2.45) is 0 Å². The summed E-state index contributed by atoms with van der Waals surface area (Å²) in [5.41, 5.74) is 1.65. The topological polar surface area (TPSA) is 70.5 Å². The van der Waals surface area contributed by atoms with E-state index in [0.29, 0.717) is 18.8 Å². The summed E-state index contributed by atoms with van der Waals surface area (Å²) in [6.45, 7) is 1.28. The number of likely N-dealkylation sites (tertiary alicyclic amines) is 1. The standard InChI is InChI=1S/C18H23N5O2/c1-21(2)15-7-5-14(6-8-15)20-17(24)18(25)23-10-3-4-16(23)12-22-11-9-19-13-22/h5-9,11,13,16H,3-4,10,12H2,1-2H3,(H,20,24)/t16-/m0/s1. The third kappa shape index (κ3) is 3.99. The monoisotopic (exact) mass is 341 g/mol. The van der Waals surface area contributed by atoms with Crippen molar-refractivity contribution in [2.45, 2.75) is 25.4 Å². The fraction of sp³-hybridized carbons (Fsp3) is 0.389. The number of hydrogen-bond donors (Lipinski definition) is 1. The quantitative estimate of drug-likeness (QED) is 0.857. The molecule has 0 bridgehead atoms. The van der Waals surface area contributed by atoms with E-state index in [2.05, 4.69) is 10.3 Å². The van der Waals surface area contributed by atoms with E-state index >= 15 is 0 Å². The second kappa shape index (κ2) is 7.38. The van der Waals surface area contributed by atoms with Crippen LogP contribution in [-0.4, -0.2) is 52.9 Å². The number of rotatable bonds is 4. The molecule has 132 valence electrons. The van der Waals surface area contributed by atoms with Crippen molar-refractivity contribution in [3.05, 3.63) is 43.0 Å². The molecule has 1 fully saturated rings. The SMILES string of the molecule is CN(C)c1ccc(NC(=O)C(=O)N2CCC[C@H]2Cn2ccnc2)cc1. The molecule has 1 aliphatic heterocycles. The maximum Gasteiger partial charge on any atom is 0.313 e. The summed E-state index contributed by atoms with van der Waals surface area (Å²) >= 11 is 0. The highest BCUT2D eigenvalue weighted by Gasteiger charge is 2.32. The summed E-state index contributed by atoms with van der Waals surface area (Å²) < 4.78 is 1.94. The van der Waals surface area contributed by atoms with Crippen LogP contribution < -0.4 is 10.2 Å². The van der Waals surface area contributed by atoms with E-state index in [1.54, 1.807) is 29.6 Å². The van der Waals surface area contributed by atoms with Crippen molar-refractivity contribution in [3.8, 4) is 0 Å². The second-order valence-corrected chi connectivity index (χ2v) is 6.45. The summed E-state index contributed by atoms with van der Waals surface area (Å²) in [6.07, 6.45) is 7.12. The maximum absolute atomic E-state index is 12.5. The van der Waals surface area contributed by atoms with Gasteiger partial charge in [-0.3, -0.25) is 9.59 Å². The Kier molecular flexibility index (Phi) is 5.02. The van der Waals surface area contributed by atoms with Gasteiger partial charge in [0.25, 0.3) is 0 Å². The zero-order valence-electron chi connectivity index (χ0n) is 14.6. The van der Waals surface area contributed by atoms with Gasteiger partial charge in [0.2, 0.25) is 0 Å². The molecule has 7 nitrogen and oxygen atoms in total. The summed E-state index contributed by atoms with van der Waals surface area (Å²) in [4.78, 5) is 32.5. The molecule has 2 heterocycles. The van der Waals surface area contributed by atoms with Gasteiger partial charge in [-0.05, 0) is 37.1 Å². The van der Waals surface area contributed by atoms with Crippen LogP contribution in [-0.2, 0) is 16.1 Å². The average molecular weight is 341 g/mol. The molecule has 0 radical (unpaired) electrons. The normalized spacial score (nSPS) is 16.7. The lowest BCUT2D eigenvalue weighted by molar-refractivity contribution is -0.143. The number of carbonyl (C=O) groups is 2. The Morgan fingerprint density at radius 2 is 2.04 bits per heavy atom. The number of imidazole rings is 1. The third-order valence-corrected chi connectivity index (χ3v) is 4.45. The van der Waals surface area contributed by atoms with E-state index in [1.807, 2.05) is 41.9 Å². The first kappa shape index (κ1) is 17.0. The lowest BCUT2D eigenvalue weighted by Gasteiger charge is -2.24. The van der Waals surface area contributed by atoms with E-state index in [9.17, 15) is 9.59 Å². The van der Waals surface area contributed by atoms with Crippen LogP contribution >= 0.6 is 0 Å². The van der Waals surface area contributed by atoms with E-state index in [-0.39, 0.29) is 6.04 Å². The molecule has 1 N–H and O–H groups in total. The van der Waals surface area contributed by atoms with Gasteiger partial charge in [0, 0.05) is 51.0 Å². The first-order valence-corrected chi connectivity index (χ1v) is 8.39. The van der Waals surface area contributed by atoms with Gasteiger partial charge in [0.15, 0.2) is 0 Å². The van der Waals surface area contributed by atoms with Crippen LogP contribution in [0.1, 0.15) is 12.8 Å². The molecule has 0 unspecified atom stereocenters. The lowest BCUT2D eigenvalue weighted by Crippen LogP contribution is -2.44. The largest absolute Gasteiger partial charge is 0.378 e. The Labute approximate surface area is 147 Å². The van der Waals surface area contributed by atoms with Gasteiger partial charge in [-0.1, -0.05) is 0 Å². The van der Waals surface area contributed by atoms with Crippen molar-refractivity contribution in [2.75, 3.05) is 30.9 Å². The van der Waals surface area contributed by atoms with Crippen LogP contribution in [0.5, 0.6) is 0 Å². The van der Waals surface area contributed by atoms with Crippen molar-refractivity contribution in [1.29, 1.82) is 0 Å². The molecule has 0 saturated carbocycles. The molecule has 1 aromatic heterocycles. The first-order chi connectivity index (χ1) is 12.0. The minimum atomic E-state index is -0.588. The molecular weight excluding hydrogens is 318 g/mol. The fourth-order valence-corrected chi connectivity index (χ4v) is 3.09. The Hall–Kier alpha value is -2.83. The molecule has 0 spiro atoms. The number of nitrogens with zero attached hydrogens (tertiary/aromatic N) is 4. The van der Waals surface area contributed by atoms with E-state index < -0.39 is 11.8 Å². The highest BCUT2D eigenvalue weighted by Crippen LogP contribution is 2.20. The van der Waals surface area contributed by atoms with Gasteiger partial charge in [-0.2, -0.15) is 0 Å². The van der Waals surface area contributed by atoms with Crippen molar-refractivity contribution in [3.63, 3.8) is 0 Å². The fourth-order valence-electron chi connectivity index (χ4n) is 3.09. The molecule has 7 heteroatoms. The lowest BCUT2D eigenvalue weighted by atomic mass is 10.2. The number of hydrogen-bond acceptors (Lipinski definition) is 4. The Morgan fingerprint density at radius 1 is 1.28 bits per heavy atom. The molecular formula is C18H23N5O2. The zero-order valence-corrected chi connectivity index (χ0v) is 14.6. The molecule has 25 heavy (non-hydrogen) atoms. The molecule has 1 saturated heterocycles. The highest BCUT2D eigenvalue weighted by atomic mass is 16.2. The van der Waals surface area contributed by atoms with Crippen LogP contribution in [0.3, 0.4) is 0 Å². The number of aromatic nitrogens is 2. The zero-order chi connectivity index (χ0) is 17.8. The smallest absolute Gasteiger partial charge is 0.313 e. The van der Waals surface area contributed by atoms with Crippen molar-refractivity contribution in [1.82, 2.24) is 14.5 Å². The summed E-state index contributed by atoms with van der Waals surface area (Å²) in [6, 6.07) is 7.43. The second-order valence-electron chi connectivity index (χ2n) is 6.45. The van der Waals surface area contributed by atoms with Crippen LogP contribution in [0, 0.1) is 0 Å². The number of nitrogens with one attached hydrogen (secondary N) is 1. The molecule has 2 aromatic rings. The van der Waals surface area contributed by atoms with Gasteiger partial charge in [0.05, 0.1) is 12.4 Å². The predicted octanol–water partition coefficient (Wildman–Crippen LogP) is 1.58. The van der Waals surface area contributed by atoms with Gasteiger partial charge in [-0.25, -0.2) is 4.98 Å². The molecule has 0 aliphatic carbocycles. The van der Waals surface area contributed by atoms with E-state index in [1.165, 1.54) is 0 Å².